The first kappa shape index (κ1) is 20.0. The van der Waals surface area contributed by atoms with Crippen LogP contribution in [-0.4, -0.2) is 59.0 Å². The van der Waals surface area contributed by atoms with E-state index >= 15 is 0 Å². The third-order valence-corrected chi connectivity index (χ3v) is 6.95. The van der Waals surface area contributed by atoms with Crippen LogP contribution in [0.25, 0.3) is 11.4 Å². The summed E-state index contributed by atoms with van der Waals surface area (Å²) in [6, 6.07) is 6.39. The van der Waals surface area contributed by atoms with Gasteiger partial charge in [0.25, 0.3) is 10.2 Å². The van der Waals surface area contributed by atoms with Gasteiger partial charge in [0.2, 0.25) is 0 Å². The first-order valence-corrected chi connectivity index (χ1v) is 10.8. The molecular weight excluding hydrogens is 362 g/mol. The van der Waals surface area contributed by atoms with Gasteiger partial charge in [-0.05, 0) is 56.7 Å². The minimum Gasteiger partial charge on any atom is -0.261 e. The van der Waals surface area contributed by atoms with Gasteiger partial charge in [-0.1, -0.05) is 6.07 Å². The van der Waals surface area contributed by atoms with E-state index in [9.17, 15) is 8.42 Å². The first-order chi connectivity index (χ1) is 12.8. The van der Waals surface area contributed by atoms with Crippen LogP contribution in [0.15, 0.2) is 30.6 Å². The number of hydrogen-bond donors (Lipinski definition) is 0. The largest absolute Gasteiger partial charge is 0.281 e. The summed E-state index contributed by atoms with van der Waals surface area (Å²) in [5, 5.41) is 4.36. The van der Waals surface area contributed by atoms with Crippen molar-refractivity contribution in [2.75, 3.05) is 27.2 Å². The molecule has 0 aromatic carbocycles. The van der Waals surface area contributed by atoms with E-state index in [1.807, 2.05) is 23.0 Å². The zero-order chi connectivity index (χ0) is 19.6. The van der Waals surface area contributed by atoms with Crippen molar-refractivity contribution in [1.29, 1.82) is 0 Å². The molecule has 3 heterocycles. The average molecular weight is 392 g/mol. The second-order valence-corrected chi connectivity index (χ2v) is 9.81. The van der Waals surface area contributed by atoms with Crippen LogP contribution in [-0.2, 0) is 16.6 Å². The second-order valence-electron chi connectivity index (χ2n) is 7.67. The molecular formula is C19H29N5O2S. The molecule has 1 fully saturated rings. The number of aromatic nitrogens is 3. The van der Waals surface area contributed by atoms with Crippen LogP contribution >= 0.6 is 0 Å². The zero-order valence-electron chi connectivity index (χ0n) is 16.5. The van der Waals surface area contributed by atoms with Crippen molar-refractivity contribution in [3.63, 3.8) is 0 Å². The van der Waals surface area contributed by atoms with Crippen LogP contribution in [0.2, 0.25) is 0 Å². The van der Waals surface area contributed by atoms with E-state index in [2.05, 4.69) is 30.0 Å². The highest BCUT2D eigenvalue weighted by Gasteiger charge is 2.30. The summed E-state index contributed by atoms with van der Waals surface area (Å²) in [5.41, 5.74) is 3.06. The van der Waals surface area contributed by atoms with Gasteiger partial charge in [-0.15, -0.1) is 0 Å². The summed E-state index contributed by atoms with van der Waals surface area (Å²) in [6.07, 6.45) is 6.49. The predicted molar refractivity (Wildman–Crippen MR) is 106 cm³/mol. The minimum absolute atomic E-state index is 0.281. The third-order valence-electron chi connectivity index (χ3n) is 5.04. The van der Waals surface area contributed by atoms with Crippen molar-refractivity contribution in [2.45, 2.75) is 39.2 Å². The summed E-state index contributed by atoms with van der Waals surface area (Å²) in [4.78, 5) is 4.62. The molecule has 0 spiro atoms. The third kappa shape index (κ3) is 4.39. The highest BCUT2D eigenvalue weighted by Crippen LogP contribution is 2.25. The van der Waals surface area contributed by atoms with E-state index in [1.165, 1.54) is 4.31 Å². The number of rotatable bonds is 6. The quantitative estimate of drug-likeness (QED) is 0.759. The van der Waals surface area contributed by atoms with Crippen LogP contribution in [0.1, 0.15) is 38.3 Å². The van der Waals surface area contributed by atoms with Crippen molar-refractivity contribution < 1.29 is 8.42 Å². The molecule has 2 aromatic heterocycles. The fraction of sp³-hybridized carbons (Fsp3) is 0.579. The molecule has 2 aromatic rings. The van der Waals surface area contributed by atoms with Crippen LogP contribution in [0.3, 0.4) is 0 Å². The van der Waals surface area contributed by atoms with Gasteiger partial charge in [-0.3, -0.25) is 9.67 Å². The summed E-state index contributed by atoms with van der Waals surface area (Å²) in [6.45, 7) is 5.37. The van der Waals surface area contributed by atoms with Gasteiger partial charge in [-0.25, -0.2) is 0 Å². The molecule has 3 rings (SSSR count). The van der Waals surface area contributed by atoms with Gasteiger partial charge < -0.3 is 0 Å². The molecule has 7 nitrogen and oxygen atoms in total. The van der Waals surface area contributed by atoms with Gasteiger partial charge in [0.05, 0.1) is 11.4 Å². The maximum Gasteiger partial charge on any atom is 0.281 e. The monoisotopic (exact) mass is 391 g/mol. The molecule has 0 amide bonds. The maximum absolute atomic E-state index is 12.4. The Hall–Kier alpha value is -1.77. The van der Waals surface area contributed by atoms with E-state index in [1.54, 1.807) is 24.6 Å². The molecule has 1 saturated heterocycles. The Morgan fingerprint density at radius 3 is 2.67 bits per heavy atom. The highest BCUT2D eigenvalue weighted by atomic mass is 32.2. The Bertz CT molecular complexity index is 858. The Labute approximate surface area is 162 Å². The molecule has 148 valence electrons. The molecule has 0 unspecified atom stereocenters. The number of nitrogens with zero attached hydrogens (tertiary/aromatic N) is 5. The molecule has 1 aliphatic rings. The molecule has 1 aliphatic heterocycles. The Morgan fingerprint density at radius 2 is 2.04 bits per heavy atom. The van der Waals surface area contributed by atoms with Crippen LogP contribution in [0.4, 0.5) is 0 Å². The van der Waals surface area contributed by atoms with Gasteiger partial charge in [0.1, 0.15) is 0 Å². The smallest absolute Gasteiger partial charge is 0.261 e. The molecule has 1 atom stereocenters. The summed E-state index contributed by atoms with van der Waals surface area (Å²) >= 11 is 0. The van der Waals surface area contributed by atoms with Gasteiger partial charge >= 0.3 is 0 Å². The summed E-state index contributed by atoms with van der Waals surface area (Å²) in [7, 11) is -0.160. The van der Waals surface area contributed by atoms with Crippen LogP contribution in [0, 0.1) is 5.92 Å². The maximum atomic E-state index is 12.4. The Balaban J connectivity index is 1.69. The standard InChI is InChI=1S/C19H29N5O2S/c1-15(2)24-19(9-10-21-24)18-8-7-16(13-20-18)12-17-6-5-11-23(14-17)27(25,26)22(3)4/h7-10,13,15,17H,5-6,11-12,14H2,1-4H3/t17-/m1/s1. The normalized spacial score (nSPS) is 19.1. The second kappa shape index (κ2) is 8.08. The fourth-order valence-electron chi connectivity index (χ4n) is 3.59. The molecule has 0 N–H and O–H groups in total. The Morgan fingerprint density at radius 1 is 1.26 bits per heavy atom. The van der Waals surface area contributed by atoms with E-state index in [0.717, 1.165) is 36.2 Å². The van der Waals surface area contributed by atoms with Gasteiger partial charge in [-0.2, -0.15) is 22.1 Å². The zero-order valence-corrected chi connectivity index (χ0v) is 17.4. The van der Waals surface area contributed by atoms with Crippen LogP contribution in [0.5, 0.6) is 0 Å². The van der Waals surface area contributed by atoms with Gasteiger partial charge in [0.15, 0.2) is 0 Å². The number of pyridine rings is 1. The molecule has 0 radical (unpaired) electrons. The molecule has 0 aliphatic carbocycles. The molecule has 8 heteroatoms. The van der Waals surface area contributed by atoms with Crippen molar-refractivity contribution in [3.05, 3.63) is 36.2 Å². The molecule has 0 bridgehead atoms. The van der Waals surface area contributed by atoms with Crippen molar-refractivity contribution in [1.82, 2.24) is 23.4 Å². The minimum atomic E-state index is -3.33. The number of hydrogen-bond acceptors (Lipinski definition) is 4. The Kier molecular flexibility index (Phi) is 5.98. The first-order valence-electron chi connectivity index (χ1n) is 9.45. The molecule has 0 saturated carbocycles. The van der Waals surface area contributed by atoms with Crippen LogP contribution < -0.4 is 0 Å². The average Bonchev–Trinajstić information content (AvgIpc) is 3.12. The van der Waals surface area contributed by atoms with Crippen molar-refractivity contribution >= 4 is 10.2 Å². The SMILES string of the molecule is CC(C)n1nccc1-c1ccc(C[C@H]2CCCN(S(=O)(=O)N(C)C)C2)cn1. The lowest BCUT2D eigenvalue weighted by Crippen LogP contribution is -2.45. The van der Waals surface area contributed by atoms with E-state index < -0.39 is 10.2 Å². The van der Waals surface area contributed by atoms with Crippen molar-refractivity contribution in [3.8, 4) is 11.4 Å². The summed E-state index contributed by atoms with van der Waals surface area (Å²) < 4.78 is 29.6. The fourth-order valence-corrected chi connectivity index (χ4v) is 4.81. The van der Waals surface area contributed by atoms with Gasteiger partial charge in [0, 0.05) is 45.6 Å². The van der Waals surface area contributed by atoms with Crippen molar-refractivity contribution in [2.24, 2.45) is 5.92 Å². The number of piperidine rings is 1. The summed E-state index contributed by atoms with van der Waals surface area (Å²) in [5.74, 6) is 0.322. The lowest BCUT2D eigenvalue weighted by Gasteiger charge is -2.33. The lowest BCUT2D eigenvalue weighted by molar-refractivity contribution is 0.254. The highest BCUT2D eigenvalue weighted by molar-refractivity contribution is 7.86. The van der Waals surface area contributed by atoms with E-state index in [4.69, 9.17) is 0 Å². The lowest BCUT2D eigenvalue weighted by atomic mass is 9.93. The molecule has 27 heavy (non-hydrogen) atoms. The topological polar surface area (TPSA) is 71.3 Å². The van der Waals surface area contributed by atoms with E-state index in [-0.39, 0.29) is 6.04 Å². The van der Waals surface area contributed by atoms with E-state index in [0.29, 0.717) is 19.0 Å². The predicted octanol–water partition coefficient (Wildman–Crippen LogP) is 2.59.